The molecule has 0 aliphatic carbocycles. The highest BCUT2D eigenvalue weighted by Crippen LogP contribution is 2.36. The Balaban J connectivity index is 2.18. The molecule has 32 heavy (non-hydrogen) atoms. The lowest BCUT2D eigenvalue weighted by Crippen LogP contribution is -2.37. The lowest BCUT2D eigenvalue weighted by atomic mass is 9.99. The zero-order valence-electron chi connectivity index (χ0n) is 19.8. The third-order valence-electron chi connectivity index (χ3n) is 5.77. The van der Waals surface area contributed by atoms with Crippen molar-refractivity contribution < 1.29 is 19.1 Å². The van der Waals surface area contributed by atoms with Crippen LogP contribution in [0.2, 0.25) is 0 Å². The van der Waals surface area contributed by atoms with Crippen molar-refractivity contribution in [1.82, 2.24) is 4.90 Å². The van der Waals surface area contributed by atoms with Crippen LogP contribution < -0.4 is 4.90 Å². The molecule has 0 fully saturated rings. The van der Waals surface area contributed by atoms with Crippen molar-refractivity contribution in [3.63, 3.8) is 0 Å². The van der Waals surface area contributed by atoms with Gasteiger partial charge < -0.3 is 14.4 Å². The van der Waals surface area contributed by atoms with Gasteiger partial charge in [-0.25, -0.2) is 4.90 Å². The van der Waals surface area contributed by atoms with E-state index in [4.69, 9.17) is 9.47 Å². The zero-order chi connectivity index (χ0) is 23.4. The molecule has 1 aliphatic rings. The van der Waals surface area contributed by atoms with Crippen LogP contribution in [0.15, 0.2) is 42.1 Å². The number of nitrogens with zero attached hydrogens (tertiary/aromatic N) is 2. The third kappa shape index (κ3) is 4.76. The van der Waals surface area contributed by atoms with Gasteiger partial charge in [-0.3, -0.25) is 9.59 Å². The van der Waals surface area contributed by atoms with Gasteiger partial charge in [0.15, 0.2) is 0 Å². The van der Waals surface area contributed by atoms with E-state index in [1.165, 1.54) is 4.90 Å². The van der Waals surface area contributed by atoms with Crippen molar-refractivity contribution in [3.05, 3.63) is 69.9 Å². The molecule has 6 nitrogen and oxygen atoms in total. The second-order valence-corrected chi connectivity index (χ2v) is 8.29. The van der Waals surface area contributed by atoms with Gasteiger partial charge in [0.1, 0.15) is 5.70 Å². The first-order chi connectivity index (χ1) is 15.3. The Morgan fingerprint density at radius 3 is 1.91 bits per heavy atom. The van der Waals surface area contributed by atoms with E-state index in [2.05, 4.69) is 0 Å². The second-order valence-electron chi connectivity index (χ2n) is 8.29. The number of carbonyl (C=O) groups excluding carboxylic acids is 2. The minimum atomic E-state index is -0.319. The number of ether oxygens (including phenoxy) is 2. The van der Waals surface area contributed by atoms with Crippen LogP contribution in [0, 0.1) is 27.7 Å². The number of hydrogen-bond acceptors (Lipinski definition) is 5. The average molecular weight is 437 g/mol. The van der Waals surface area contributed by atoms with Crippen molar-refractivity contribution in [2.75, 3.05) is 45.4 Å². The van der Waals surface area contributed by atoms with Crippen molar-refractivity contribution >= 4 is 23.1 Å². The summed E-state index contributed by atoms with van der Waals surface area (Å²) in [5, 5.41) is 0. The molecule has 1 aliphatic heterocycles. The van der Waals surface area contributed by atoms with Gasteiger partial charge in [0.2, 0.25) is 0 Å². The van der Waals surface area contributed by atoms with Crippen molar-refractivity contribution in [2.24, 2.45) is 0 Å². The Morgan fingerprint density at radius 2 is 1.38 bits per heavy atom. The van der Waals surface area contributed by atoms with Gasteiger partial charge in [0, 0.05) is 27.3 Å². The van der Waals surface area contributed by atoms with Crippen LogP contribution in [0.1, 0.15) is 27.8 Å². The average Bonchev–Trinajstić information content (AvgIpc) is 2.99. The Bertz CT molecular complexity index is 1030. The van der Waals surface area contributed by atoms with E-state index in [0.717, 1.165) is 27.8 Å². The van der Waals surface area contributed by atoms with Crippen molar-refractivity contribution in [1.29, 1.82) is 0 Å². The number of methoxy groups -OCH3 is 2. The summed E-state index contributed by atoms with van der Waals surface area (Å²) >= 11 is 0. The summed E-state index contributed by atoms with van der Waals surface area (Å²) in [6, 6.07) is 11.7. The summed E-state index contributed by atoms with van der Waals surface area (Å²) in [6.45, 7) is 9.77. The number of rotatable bonds is 9. The quantitative estimate of drug-likeness (QED) is 0.560. The van der Waals surface area contributed by atoms with Gasteiger partial charge in [0.25, 0.3) is 11.8 Å². The molecule has 0 radical (unpaired) electrons. The maximum Gasteiger partial charge on any atom is 0.282 e. The first kappa shape index (κ1) is 23.7. The Kier molecular flexibility index (Phi) is 7.48. The fourth-order valence-corrected chi connectivity index (χ4v) is 4.02. The van der Waals surface area contributed by atoms with Gasteiger partial charge in [-0.1, -0.05) is 24.3 Å². The predicted octanol–water partition coefficient (Wildman–Crippen LogP) is 3.80. The number of benzene rings is 2. The van der Waals surface area contributed by atoms with E-state index in [9.17, 15) is 9.59 Å². The van der Waals surface area contributed by atoms with E-state index in [1.807, 2.05) is 69.0 Å². The summed E-state index contributed by atoms with van der Waals surface area (Å²) in [4.78, 5) is 30.7. The van der Waals surface area contributed by atoms with Crippen LogP contribution >= 0.6 is 0 Å². The minimum absolute atomic E-state index is 0.307. The highest BCUT2D eigenvalue weighted by molar-refractivity contribution is 6.45. The molecule has 3 rings (SSSR count). The highest BCUT2D eigenvalue weighted by Gasteiger charge is 2.42. The zero-order valence-corrected chi connectivity index (χ0v) is 19.8. The molecule has 0 saturated carbocycles. The molecule has 0 bridgehead atoms. The molecule has 0 saturated heterocycles. The van der Waals surface area contributed by atoms with Crippen LogP contribution in [-0.2, 0) is 19.1 Å². The lowest BCUT2D eigenvalue weighted by molar-refractivity contribution is -0.120. The summed E-state index contributed by atoms with van der Waals surface area (Å²) in [7, 11) is 3.24. The molecule has 0 unspecified atom stereocenters. The SMILES string of the molecule is COCCN(CCOC)C1=C(c2ccc(C)c(C)c2)C(=O)N(c2cc(C)cc(C)c2)C1=O. The van der Waals surface area contributed by atoms with E-state index in [-0.39, 0.29) is 11.8 Å². The normalized spacial score (nSPS) is 14.0. The van der Waals surface area contributed by atoms with Crippen LogP contribution in [0.4, 0.5) is 5.69 Å². The van der Waals surface area contributed by atoms with E-state index < -0.39 is 0 Å². The first-order valence-electron chi connectivity index (χ1n) is 10.8. The summed E-state index contributed by atoms with van der Waals surface area (Å²) in [6.07, 6.45) is 0. The number of carbonyl (C=O) groups is 2. The van der Waals surface area contributed by atoms with Crippen LogP contribution in [0.25, 0.3) is 5.57 Å². The highest BCUT2D eigenvalue weighted by atomic mass is 16.5. The van der Waals surface area contributed by atoms with Crippen LogP contribution in [0.3, 0.4) is 0 Å². The molecule has 0 aromatic heterocycles. The monoisotopic (exact) mass is 436 g/mol. The van der Waals surface area contributed by atoms with Gasteiger partial charge in [0.05, 0.1) is 24.5 Å². The molecule has 0 N–H and O–H groups in total. The standard InChI is InChI=1S/C26H32N2O4/c1-17-13-18(2)15-22(14-17)28-25(29)23(21-8-7-19(3)20(4)16-21)24(26(28)30)27(9-11-31-5)10-12-32-6/h7-8,13-16H,9-12H2,1-6H3. The Hall–Kier alpha value is -2.96. The second kappa shape index (κ2) is 10.1. The smallest absolute Gasteiger partial charge is 0.282 e. The number of amides is 2. The van der Waals surface area contributed by atoms with Crippen LogP contribution in [-0.4, -0.2) is 57.2 Å². The van der Waals surface area contributed by atoms with E-state index in [0.29, 0.717) is 43.3 Å². The maximum atomic E-state index is 13.8. The van der Waals surface area contributed by atoms with Gasteiger partial charge in [-0.15, -0.1) is 0 Å². The summed E-state index contributed by atoms with van der Waals surface area (Å²) < 4.78 is 10.6. The first-order valence-corrected chi connectivity index (χ1v) is 10.8. The minimum Gasteiger partial charge on any atom is -0.383 e. The number of imide groups is 1. The van der Waals surface area contributed by atoms with Gasteiger partial charge >= 0.3 is 0 Å². The fraction of sp³-hybridized carbons (Fsp3) is 0.385. The topological polar surface area (TPSA) is 59.1 Å². The largest absolute Gasteiger partial charge is 0.383 e. The van der Waals surface area contributed by atoms with Crippen molar-refractivity contribution in [2.45, 2.75) is 27.7 Å². The maximum absolute atomic E-state index is 13.8. The number of anilines is 1. The lowest BCUT2D eigenvalue weighted by Gasteiger charge is -2.26. The van der Waals surface area contributed by atoms with E-state index in [1.54, 1.807) is 14.2 Å². The molecule has 2 amide bonds. The van der Waals surface area contributed by atoms with Crippen LogP contribution in [0.5, 0.6) is 0 Å². The molecular weight excluding hydrogens is 404 g/mol. The predicted molar refractivity (Wildman–Crippen MR) is 127 cm³/mol. The third-order valence-corrected chi connectivity index (χ3v) is 5.77. The molecule has 1 heterocycles. The summed E-state index contributed by atoms with van der Waals surface area (Å²) in [5.41, 5.74) is 6.35. The molecule has 0 spiro atoms. The molecule has 2 aromatic carbocycles. The Labute approximate surface area is 190 Å². The van der Waals surface area contributed by atoms with Gasteiger partial charge in [-0.05, 0) is 67.6 Å². The molecular formula is C26H32N2O4. The molecule has 2 aromatic rings. The van der Waals surface area contributed by atoms with Gasteiger partial charge in [-0.2, -0.15) is 0 Å². The van der Waals surface area contributed by atoms with Crippen molar-refractivity contribution in [3.8, 4) is 0 Å². The summed E-state index contributed by atoms with van der Waals surface area (Å²) in [5.74, 6) is -0.626. The molecule has 170 valence electrons. The van der Waals surface area contributed by atoms with E-state index >= 15 is 0 Å². The number of aryl methyl sites for hydroxylation is 4. The molecule has 6 heteroatoms. The molecule has 0 atom stereocenters. The fourth-order valence-electron chi connectivity index (χ4n) is 4.02. The number of hydrogen-bond donors (Lipinski definition) is 0. The Morgan fingerprint density at radius 1 is 0.781 bits per heavy atom.